The molecule has 0 amide bonds. The van der Waals surface area contributed by atoms with E-state index in [4.69, 9.17) is 18.9 Å². The maximum Gasteiger partial charge on any atom is 0.162 e. The Morgan fingerprint density at radius 1 is 0.605 bits per heavy atom. The van der Waals surface area contributed by atoms with Gasteiger partial charge in [0.05, 0.1) is 40.1 Å². The van der Waals surface area contributed by atoms with Crippen LogP contribution in [0.2, 0.25) is 0 Å². The molecule has 43 heavy (non-hydrogen) atoms. The molecule has 0 aliphatic carbocycles. The summed E-state index contributed by atoms with van der Waals surface area (Å²) in [5.74, 6) is 0.125. The van der Waals surface area contributed by atoms with Crippen LogP contribution in [0.5, 0.6) is 28.7 Å². The summed E-state index contributed by atoms with van der Waals surface area (Å²) < 4.78 is 23.1. The summed E-state index contributed by atoms with van der Waals surface area (Å²) in [6.45, 7) is 2.84. The van der Waals surface area contributed by atoms with Crippen LogP contribution in [0.4, 0.5) is 0 Å². The van der Waals surface area contributed by atoms with E-state index in [9.17, 15) is 30.6 Å². The zero-order valence-electron chi connectivity index (χ0n) is 25.3. The minimum Gasteiger partial charge on any atom is -0.504 e. The first-order chi connectivity index (χ1) is 20.6. The number of benzene rings is 3. The molecule has 6 atom stereocenters. The monoisotopic (exact) mass is 600 g/mol. The Kier molecular flexibility index (Phi) is 12.5. The second-order valence-electron chi connectivity index (χ2n) is 10.8. The van der Waals surface area contributed by atoms with Gasteiger partial charge in [0, 0.05) is 31.0 Å². The van der Waals surface area contributed by atoms with Crippen LogP contribution < -0.4 is 18.9 Å². The normalized spacial score (nSPS) is 15.6. The van der Waals surface area contributed by atoms with Crippen LogP contribution in [0.25, 0.3) is 0 Å². The summed E-state index contributed by atoms with van der Waals surface area (Å²) in [4.78, 5) is 0. The van der Waals surface area contributed by atoms with Crippen molar-refractivity contribution in [2.75, 3.05) is 41.2 Å². The molecule has 0 saturated heterocycles. The molecule has 10 nitrogen and oxygen atoms in total. The molecule has 0 aliphatic rings. The summed E-state index contributed by atoms with van der Waals surface area (Å²) in [6.07, 6.45) is -2.24. The Morgan fingerprint density at radius 3 is 1.65 bits per heavy atom. The molecule has 0 aliphatic heterocycles. The SMILES string of the molecule is COc1cc(C(Oc2ccc(C(O)C(C)CO)cc2OC)C(CO)Cc2ccc(C(O)C(C)CO)cc2OC)ccc1O. The minimum atomic E-state index is -0.912. The van der Waals surface area contributed by atoms with Gasteiger partial charge in [-0.25, -0.2) is 0 Å². The molecule has 0 radical (unpaired) electrons. The number of phenols is 1. The van der Waals surface area contributed by atoms with Crippen molar-refractivity contribution in [1.82, 2.24) is 0 Å². The molecule has 236 valence electrons. The molecule has 0 fully saturated rings. The van der Waals surface area contributed by atoms with Gasteiger partial charge < -0.3 is 49.6 Å². The summed E-state index contributed by atoms with van der Waals surface area (Å²) >= 11 is 0. The van der Waals surface area contributed by atoms with Crippen molar-refractivity contribution < 1.29 is 49.6 Å². The highest BCUT2D eigenvalue weighted by Gasteiger charge is 2.29. The second kappa shape index (κ2) is 15.8. The van der Waals surface area contributed by atoms with E-state index in [2.05, 4.69) is 0 Å². The molecular weight excluding hydrogens is 556 g/mol. The highest BCUT2D eigenvalue weighted by atomic mass is 16.5. The van der Waals surface area contributed by atoms with Gasteiger partial charge in [-0.15, -0.1) is 0 Å². The van der Waals surface area contributed by atoms with Gasteiger partial charge in [-0.05, 0) is 59.0 Å². The molecular formula is C33H44O10. The van der Waals surface area contributed by atoms with Crippen molar-refractivity contribution >= 4 is 0 Å². The third-order valence-electron chi connectivity index (χ3n) is 7.77. The van der Waals surface area contributed by atoms with Crippen molar-refractivity contribution in [1.29, 1.82) is 0 Å². The van der Waals surface area contributed by atoms with Gasteiger partial charge in [0.2, 0.25) is 0 Å². The van der Waals surface area contributed by atoms with Crippen LogP contribution in [0.15, 0.2) is 54.6 Å². The zero-order chi connectivity index (χ0) is 31.7. The van der Waals surface area contributed by atoms with Crippen LogP contribution in [-0.2, 0) is 6.42 Å². The van der Waals surface area contributed by atoms with Crippen molar-refractivity contribution in [3.8, 4) is 28.7 Å². The second-order valence-corrected chi connectivity index (χ2v) is 10.8. The average molecular weight is 601 g/mol. The maximum absolute atomic E-state index is 10.7. The molecule has 0 bridgehead atoms. The van der Waals surface area contributed by atoms with Gasteiger partial charge in [-0.1, -0.05) is 38.1 Å². The summed E-state index contributed by atoms with van der Waals surface area (Å²) in [5.41, 5.74) is 2.53. The Bertz CT molecular complexity index is 1310. The number of ether oxygens (including phenoxy) is 4. The maximum atomic E-state index is 10.7. The first-order valence-electron chi connectivity index (χ1n) is 14.2. The first kappa shape index (κ1) is 34.0. The van der Waals surface area contributed by atoms with Gasteiger partial charge >= 0.3 is 0 Å². The third kappa shape index (κ3) is 8.10. The number of phenolic OH excluding ortho intramolecular Hbond substituents is 1. The van der Waals surface area contributed by atoms with Crippen molar-refractivity contribution in [2.24, 2.45) is 17.8 Å². The Morgan fingerprint density at radius 2 is 1.12 bits per heavy atom. The Labute approximate surface area is 252 Å². The Hall–Kier alpha value is -3.54. The summed E-state index contributed by atoms with van der Waals surface area (Å²) in [5, 5.41) is 61.1. The highest BCUT2D eigenvalue weighted by Crippen LogP contribution is 2.41. The topological polar surface area (TPSA) is 158 Å². The van der Waals surface area contributed by atoms with E-state index in [1.165, 1.54) is 27.4 Å². The molecule has 0 aromatic heterocycles. The van der Waals surface area contributed by atoms with Gasteiger partial charge in [0.15, 0.2) is 23.0 Å². The molecule has 6 N–H and O–H groups in total. The summed E-state index contributed by atoms with van der Waals surface area (Å²) in [7, 11) is 4.45. The lowest BCUT2D eigenvalue weighted by Crippen LogP contribution is -2.25. The molecule has 10 heteroatoms. The van der Waals surface area contributed by atoms with Gasteiger partial charge in [0.1, 0.15) is 11.9 Å². The molecule has 0 spiro atoms. The fourth-order valence-electron chi connectivity index (χ4n) is 4.93. The number of aliphatic hydroxyl groups excluding tert-OH is 5. The minimum absolute atomic E-state index is 0.0487. The Balaban J connectivity index is 2.04. The van der Waals surface area contributed by atoms with E-state index in [1.54, 1.807) is 56.3 Å². The van der Waals surface area contributed by atoms with E-state index >= 15 is 0 Å². The van der Waals surface area contributed by atoms with Gasteiger partial charge in [-0.3, -0.25) is 0 Å². The summed E-state index contributed by atoms with van der Waals surface area (Å²) in [6, 6.07) is 15.1. The molecule has 3 aromatic carbocycles. The van der Waals surface area contributed by atoms with Crippen molar-refractivity contribution in [3.05, 3.63) is 76.9 Å². The lowest BCUT2D eigenvalue weighted by Gasteiger charge is -2.29. The highest BCUT2D eigenvalue weighted by molar-refractivity contribution is 5.46. The fraction of sp³-hybridized carbons (Fsp3) is 0.455. The molecule has 3 aromatic rings. The van der Waals surface area contributed by atoms with Crippen LogP contribution in [-0.4, -0.2) is 71.8 Å². The standard InChI is InChI=1S/C33H44O10/c1-19(16-34)31(38)22-7-6-21(28(13-22)40-3)12-25(18-36)33(24-8-10-26(37)29(15-24)41-4)43-27-11-9-23(14-30(27)42-5)32(39)20(2)17-35/h6-11,13-15,19-20,25,31-39H,12,16-18H2,1-5H3. The van der Waals surface area contributed by atoms with Crippen LogP contribution in [0.3, 0.4) is 0 Å². The predicted octanol–water partition coefficient (Wildman–Crippen LogP) is 3.71. The number of hydrogen-bond acceptors (Lipinski definition) is 10. The smallest absolute Gasteiger partial charge is 0.162 e. The fourth-order valence-corrected chi connectivity index (χ4v) is 4.93. The van der Waals surface area contributed by atoms with E-state index in [1.807, 2.05) is 6.07 Å². The average Bonchev–Trinajstić information content (AvgIpc) is 3.04. The number of methoxy groups -OCH3 is 3. The van der Waals surface area contributed by atoms with E-state index in [0.29, 0.717) is 40.4 Å². The predicted molar refractivity (Wildman–Crippen MR) is 161 cm³/mol. The number of aromatic hydroxyl groups is 1. The van der Waals surface area contributed by atoms with Gasteiger partial charge in [0.25, 0.3) is 0 Å². The van der Waals surface area contributed by atoms with Crippen LogP contribution in [0.1, 0.15) is 54.4 Å². The molecule has 6 unspecified atom stereocenters. The third-order valence-corrected chi connectivity index (χ3v) is 7.77. The van der Waals surface area contributed by atoms with Crippen molar-refractivity contribution in [2.45, 2.75) is 38.6 Å². The number of rotatable bonds is 16. The molecule has 0 heterocycles. The van der Waals surface area contributed by atoms with Crippen LogP contribution >= 0.6 is 0 Å². The molecule has 0 saturated carbocycles. The largest absolute Gasteiger partial charge is 0.504 e. The number of hydrogen-bond donors (Lipinski definition) is 6. The first-order valence-corrected chi connectivity index (χ1v) is 14.2. The van der Waals surface area contributed by atoms with Crippen molar-refractivity contribution in [3.63, 3.8) is 0 Å². The molecule has 3 rings (SSSR count). The van der Waals surface area contributed by atoms with Gasteiger partial charge in [-0.2, -0.15) is 0 Å². The zero-order valence-corrected chi connectivity index (χ0v) is 25.3. The quantitative estimate of drug-likeness (QED) is 0.143. The number of aliphatic hydroxyl groups is 5. The lowest BCUT2D eigenvalue weighted by atomic mass is 9.88. The van der Waals surface area contributed by atoms with E-state index in [-0.39, 0.29) is 43.2 Å². The lowest BCUT2D eigenvalue weighted by molar-refractivity contribution is 0.0751. The van der Waals surface area contributed by atoms with E-state index < -0.39 is 24.2 Å². The van der Waals surface area contributed by atoms with Crippen LogP contribution in [0, 0.1) is 17.8 Å². The van der Waals surface area contributed by atoms with E-state index in [0.717, 1.165) is 5.56 Å².